The Labute approximate surface area is 101 Å². The van der Waals surface area contributed by atoms with E-state index in [0.29, 0.717) is 11.3 Å². The van der Waals surface area contributed by atoms with Gasteiger partial charge in [-0.05, 0) is 24.6 Å². The van der Waals surface area contributed by atoms with Crippen LogP contribution in [0.15, 0.2) is 24.3 Å². The van der Waals surface area contributed by atoms with Crippen molar-refractivity contribution < 1.29 is 23.8 Å². The van der Waals surface area contributed by atoms with Crippen LogP contribution in [-0.2, 0) is 15.3 Å². The minimum atomic E-state index is -3.53. The zero-order valence-electron chi connectivity index (χ0n) is 9.70. The Kier molecular flexibility index (Phi) is 5.65. The third-order valence-electron chi connectivity index (χ3n) is 2.00. The molecule has 1 unspecified atom stereocenters. The van der Waals surface area contributed by atoms with E-state index in [1.165, 1.54) is 0 Å². The van der Waals surface area contributed by atoms with Gasteiger partial charge in [0.25, 0.3) is 0 Å². The normalized spacial score (nSPS) is 14.3. The molecule has 1 aromatic carbocycles. The summed E-state index contributed by atoms with van der Waals surface area (Å²) in [6, 6.07) is 6.79. The van der Waals surface area contributed by atoms with Crippen LogP contribution in [0.4, 0.5) is 0 Å². The van der Waals surface area contributed by atoms with E-state index in [2.05, 4.69) is 0 Å². The van der Waals surface area contributed by atoms with Crippen molar-refractivity contribution in [1.29, 1.82) is 0 Å². The smallest absolute Gasteiger partial charge is 0.332 e. The van der Waals surface area contributed by atoms with Gasteiger partial charge < -0.3 is 19.3 Å². The largest absolute Gasteiger partial charge is 0.491 e. The van der Waals surface area contributed by atoms with Crippen molar-refractivity contribution in [2.75, 3.05) is 19.8 Å². The lowest BCUT2D eigenvalue weighted by Crippen LogP contribution is -2.01. The maximum atomic E-state index is 11.5. The molecule has 0 saturated carbocycles. The molecule has 0 amide bonds. The highest BCUT2D eigenvalue weighted by molar-refractivity contribution is 7.51. The minimum absolute atomic E-state index is 0.0128. The fraction of sp³-hybridized carbons (Fsp3) is 0.455. The molecule has 1 rings (SSSR count). The summed E-state index contributed by atoms with van der Waals surface area (Å²) in [4.78, 5) is 9.45. The average molecular weight is 260 g/mol. The van der Waals surface area contributed by atoms with Gasteiger partial charge in [-0.3, -0.25) is 4.57 Å². The zero-order chi connectivity index (χ0) is 12.7. The zero-order valence-corrected chi connectivity index (χ0v) is 10.6. The first kappa shape index (κ1) is 14.2. The van der Waals surface area contributed by atoms with Crippen LogP contribution in [0, 0.1) is 0 Å². The van der Waals surface area contributed by atoms with Crippen molar-refractivity contribution >= 4 is 7.60 Å². The van der Waals surface area contributed by atoms with E-state index in [9.17, 15) is 9.46 Å². The molecule has 0 bridgehead atoms. The van der Waals surface area contributed by atoms with Crippen LogP contribution < -0.4 is 4.74 Å². The molecule has 0 heterocycles. The molecule has 96 valence electrons. The van der Waals surface area contributed by atoms with E-state index in [4.69, 9.17) is 14.4 Å². The van der Waals surface area contributed by atoms with Crippen molar-refractivity contribution in [3.05, 3.63) is 29.8 Å². The van der Waals surface area contributed by atoms with E-state index in [0.717, 1.165) is 0 Å². The fourth-order valence-corrected chi connectivity index (χ4v) is 2.50. The van der Waals surface area contributed by atoms with E-state index in [1.54, 1.807) is 31.2 Å². The average Bonchev–Trinajstić information content (AvgIpc) is 2.27. The molecule has 1 atom stereocenters. The highest BCUT2D eigenvalue weighted by Gasteiger charge is 2.18. The van der Waals surface area contributed by atoms with E-state index in [-0.39, 0.29) is 26.0 Å². The summed E-state index contributed by atoms with van der Waals surface area (Å²) in [5, 5.41) is 8.58. The molecule has 0 aliphatic heterocycles. The number of aliphatic hydroxyl groups excluding tert-OH is 1. The standard InChI is InChI=1S/C11H17O5P/c1-2-16-17(13,14)9-10-3-5-11(6-4-10)15-8-7-12/h3-6,12H,2,7-9H2,1H3,(H,13,14). The molecule has 0 aliphatic rings. The molecule has 0 aliphatic carbocycles. The molecule has 1 aromatic rings. The highest BCUT2D eigenvalue weighted by Crippen LogP contribution is 2.45. The monoisotopic (exact) mass is 260 g/mol. The summed E-state index contributed by atoms with van der Waals surface area (Å²) < 4.78 is 21.5. The van der Waals surface area contributed by atoms with Gasteiger partial charge in [0.05, 0.1) is 19.4 Å². The topological polar surface area (TPSA) is 76.0 Å². The quantitative estimate of drug-likeness (QED) is 0.731. The van der Waals surface area contributed by atoms with Crippen molar-refractivity contribution in [3.8, 4) is 5.75 Å². The van der Waals surface area contributed by atoms with Gasteiger partial charge in [-0.1, -0.05) is 12.1 Å². The molecule has 5 nitrogen and oxygen atoms in total. The lowest BCUT2D eigenvalue weighted by molar-refractivity contribution is 0.201. The number of hydrogen-bond donors (Lipinski definition) is 2. The van der Waals surface area contributed by atoms with Gasteiger partial charge in [-0.15, -0.1) is 0 Å². The van der Waals surface area contributed by atoms with Gasteiger partial charge >= 0.3 is 7.60 Å². The molecule has 2 N–H and O–H groups in total. The molecule has 0 radical (unpaired) electrons. The molecule has 0 aromatic heterocycles. The first-order chi connectivity index (χ1) is 8.07. The first-order valence-electron chi connectivity index (χ1n) is 5.36. The van der Waals surface area contributed by atoms with Crippen LogP contribution in [0.2, 0.25) is 0 Å². The van der Waals surface area contributed by atoms with Crippen LogP contribution in [0.25, 0.3) is 0 Å². The second-order valence-electron chi connectivity index (χ2n) is 3.43. The second-order valence-corrected chi connectivity index (χ2v) is 5.28. The Bertz CT molecular complexity index is 376. The Hall–Kier alpha value is -0.870. The van der Waals surface area contributed by atoms with Gasteiger partial charge in [0.15, 0.2) is 0 Å². The molecule has 6 heteroatoms. The van der Waals surface area contributed by atoms with Crippen molar-refractivity contribution in [1.82, 2.24) is 0 Å². The SMILES string of the molecule is CCOP(=O)(O)Cc1ccc(OCCO)cc1. The lowest BCUT2D eigenvalue weighted by Gasteiger charge is -2.11. The maximum absolute atomic E-state index is 11.5. The fourth-order valence-electron chi connectivity index (χ4n) is 1.33. The van der Waals surface area contributed by atoms with Crippen molar-refractivity contribution in [2.45, 2.75) is 13.1 Å². The highest BCUT2D eigenvalue weighted by atomic mass is 31.2. The molecule has 0 fully saturated rings. The predicted octanol–water partition coefficient (Wildman–Crippen LogP) is 1.78. The van der Waals surface area contributed by atoms with Crippen molar-refractivity contribution in [3.63, 3.8) is 0 Å². The molecular weight excluding hydrogens is 243 g/mol. The second kappa shape index (κ2) is 6.77. The molecular formula is C11H17O5P. The van der Waals surface area contributed by atoms with Gasteiger partial charge in [0, 0.05) is 0 Å². The first-order valence-corrected chi connectivity index (χ1v) is 7.12. The van der Waals surface area contributed by atoms with Crippen molar-refractivity contribution in [2.24, 2.45) is 0 Å². The summed E-state index contributed by atoms with van der Waals surface area (Å²) in [5.74, 6) is 0.618. The number of benzene rings is 1. The predicted molar refractivity (Wildman–Crippen MR) is 64.2 cm³/mol. The molecule has 0 saturated heterocycles. The van der Waals surface area contributed by atoms with Gasteiger partial charge in [-0.25, -0.2) is 0 Å². The summed E-state index contributed by atoms with van der Waals surface area (Å²) in [6.45, 7) is 2.08. The molecule has 0 spiro atoms. The van der Waals surface area contributed by atoms with E-state index < -0.39 is 7.60 Å². The number of rotatable bonds is 7. The summed E-state index contributed by atoms with van der Waals surface area (Å²) in [5.41, 5.74) is 0.709. The third-order valence-corrected chi connectivity index (χ3v) is 3.42. The Morgan fingerprint density at radius 1 is 1.29 bits per heavy atom. The Morgan fingerprint density at radius 2 is 1.94 bits per heavy atom. The number of ether oxygens (including phenoxy) is 1. The van der Waals surface area contributed by atoms with Crippen LogP contribution in [0.3, 0.4) is 0 Å². The summed E-state index contributed by atoms with van der Waals surface area (Å²) >= 11 is 0. The van der Waals surface area contributed by atoms with Gasteiger partial charge in [0.2, 0.25) is 0 Å². The van der Waals surface area contributed by atoms with E-state index >= 15 is 0 Å². The Balaban J connectivity index is 2.59. The van der Waals surface area contributed by atoms with Crippen LogP contribution in [0.1, 0.15) is 12.5 Å². The van der Waals surface area contributed by atoms with Gasteiger partial charge in [0.1, 0.15) is 12.4 Å². The summed E-state index contributed by atoms with van der Waals surface area (Å²) in [6.07, 6.45) is -0.0128. The number of hydrogen-bond acceptors (Lipinski definition) is 4. The van der Waals surface area contributed by atoms with Crippen LogP contribution >= 0.6 is 7.60 Å². The van der Waals surface area contributed by atoms with Crippen LogP contribution in [-0.4, -0.2) is 29.8 Å². The summed E-state index contributed by atoms with van der Waals surface area (Å²) in [7, 11) is -3.53. The van der Waals surface area contributed by atoms with E-state index in [1.807, 2.05) is 0 Å². The minimum Gasteiger partial charge on any atom is -0.491 e. The maximum Gasteiger partial charge on any atom is 0.332 e. The number of aliphatic hydroxyl groups is 1. The molecule has 17 heavy (non-hydrogen) atoms. The van der Waals surface area contributed by atoms with Crippen LogP contribution in [0.5, 0.6) is 5.75 Å². The Morgan fingerprint density at radius 3 is 2.47 bits per heavy atom. The lowest BCUT2D eigenvalue weighted by atomic mass is 10.2. The third kappa shape index (κ3) is 5.33. The van der Waals surface area contributed by atoms with Gasteiger partial charge in [-0.2, -0.15) is 0 Å².